The summed E-state index contributed by atoms with van der Waals surface area (Å²) >= 11 is 0. The van der Waals surface area contributed by atoms with Crippen LogP contribution in [0.5, 0.6) is 0 Å². The maximum absolute atomic E-state index is 10.7. The van der Waals surface area contributed by atoms with Gasteiger partial charge < -0.3 is 4.74 Å². The topological polar surface area (TPSA) is 26.3 Å². The van der Waals surface area contributed by atoms with E-state index in [0.29, 0.717) is 0 Å². The number of carbonyl (C=O) groups excluding carboxylic acids is 1. The van der Waals surface area contributed by atoms with Crippen molar-refractivity contribution in [1.29, 1.82) is 0 Å². The first-order chi connectivity index (χ1) is 5.19. The lowest BCUT2D eigenvalue weighted by molar-refractivity contribution is -0.121. The van der Waals surface area contributed by atoms with Crippen LogP contribution in [-0.4, -0.2) is 18.0 Å². The maximum atomic E-state index is 10.7. The highest BCUT2D eigenvalue weighted by Gasteiger charge is 2.51. The smallest absolute Gasteiger partial charge is 0.156 e. The fourth-order valence-corrected chi connectivity index (χ4v) is 1.81. The van der Waals surface area contributed by atoms with Crippen LogP contribution in [0.1, 0.15) is 12.8 Å². The molecule has 0 aromatic carbocycles. The molecule has 2 rings (SSSR count). The summed E-state index contributed by atoms with van der Waals surface area (Å²) in [5, 5.41) is 0. The van der Waals surface area contributed by atoms with E-state index < -0.39 is 5.60 Å². The van der Waals surface area contributed by atoms with Crippen LogP contribution in [0.25, 0.3) is 0 Å². The lowest BCUT2D eigenvalue weighted by Crippen LogP contribution is -2.28. The zero-order chi connectivity index (χ0) is 8.06. The molecule has 0 aromatic heterocycles. The second-order valence-corrected chi connectivity index (χ2v) is 3.16. The van der Waals surface area contributed by atoms with Crippen LogP contribution in [-0.2, 0) is 9.53 Å². The van der Waals surface area contributed by atoms with Gasteiger partial charge in [-0.05, 0) is 24.0 Å². The Morgan fingerprint density at radius 1 is 1.64 bits per heavy atom. The number of fused-ring (bicyclic) bond motifs is 2. The SMILES string of the molecule is C=C1C(=C)C2(C=O)CCC1O2. The van der Waals surface area contributed by atoms with Crippen LogP contribution >= 0.6 is 0 Å². The molecule has 0 amide bonds. The molecular weight excluding hydrogens is 140 g/mol. The molecule has 0 aromatic rings. The predicted molar refractivity (Wildman–Crippen MR) is 41.2 cm³/mol. The van der Waals surface area contributed by atoms with E-state index in [1.54, 1.807) is 0 Å². The average molecular weight is 150 g/mol. The molecule has 2 atom stereocenters. The molecule has 0 saturated carbocycles. The lowest BCUT2D eigenvalue weighted by Gasteiger charge is -2.18. The Labute approximate surface area is 65.5 Å². The van der Waals surface area contributed by atoms with Crippen molar-refractivity contribution >= 4 is 6.29 Å². The Hall–Kier alpha value is -0.890. The Balaban J connectivity index is 2.45. The molecule has 0 N–H and O–H groups in total. The third-order valence-electron chi connectivity index (χ3n) is 2.61. The number of hydrogen-bond donors (Lipinski definition) is 0. The minimum absolute atomic E-state index is 0.0627. The molecule has 11 heavy (non-hydrogen) atoms. The van der Waals surface area contributed by atoms with E-state index in [-0.39, 0.29) is 6.10 Å². The fourth-order valence-electron chi connectivity index (χ4n) is 1.81. The molecule has 2 aliphatic heterocycles. The van der Waals surface area contributed by atoms with E-state index in [9.17, 15) is 4.79 Å². The Morgan fingerprint density at radius 3 is 2.73 bits per heavy atom. The molecule has 2 fully saturated rings. The molecule has 2 heterocycles. The number of ether oxygens (including phenoxy) is 1. The molecule has 2 heteroatoms. The van der Waals surface area contributed by atoms with Gasteiger partial charge in [0.25, 0.3) is 0 Å². The van der Waals surface area contributed by atoms with Crippen molar-refractivity contribution in [2.45, 2.75) is 24.5 Å². The summed E-state index contributed by atoms with van der Waals surface area (Å²) in [6, 6.07) is 0. The fraction of sp³-hybridized carbons (Fsp3) is 0.444. The van der Waals surface area contributed by atoms with Crippen molar-refractivity contribution in [3.05, 3.63) is 24.3 Å². The van der Waals surface area contributed by atoms with E-state index in [1.807, 2.05) is 0 Å². The normalized spacial score (nSPS) is 41.6. The molecule has 58 valence electrons. The van der Waals surface area contributed by atoms with Gasteiger partial charge in [0.05, 0.1) is 6.10 Å². The molecule has 2 aliphatic rings. The van der Waals surface area contributed by atoms with Crippen LogP contribution in [0.2, 0.25) is 0 Å². The average Bonchev–Trinajstić information content (AvgIpc) is 2.53. The summed E-state index contributed by atoms with van der Waals surface area (Å²) in [6.07, 6.45) is 2.61. The molecular formula is C9H10O2. The highest BCUT2D eigenvalue weighted by atomic mass is 16.5. The van der Waals surface area contributed by atoms with Gasteiger partial charge in [0.1, 0.15) is 5.60 Å². The summed E-state index contributed by atoms with van der Waals surface area (Å²) in [7, 11) is 0. The minimum atomic E-state index is -0.693. The van der Waals surface area contributed by atoms with Crippen LogP contribution < -0.4 is 0 Å². The molecule has 0 radical (unpaired) electrons. The van der Waals surface area contributed by atoms with E-state index in [2.05, 4.69) is 13.2 Å². The van der Waals surface area contributed by atoms with Gasteiger partial charge in [-0.3, -0.25) is 4.79 Å². The largest absolute Gasteiger partial charge is 0.355 e. The first kappa shape index (κ1) is 6.80. The predicted octanol–water partition coefficient (Wildman–Crippen LogP) is 1.23. The second-order valence-electron chi connectivity index (χ2n) is 3.16. The van der Waals surface area contributed by atoms with Gasteiger partial charge in [-0.1, -0.05) is 13.2 Å². The number of carbonyl (C=O) groups is 1. The van der Waals surface area contributed by atoms with Crippen molar-refractivity contribution < 1.29 is 9.53 Å². The summed E-state index contributed by atoms with van der Waals surface area (Å²) in [6.45, 7) is 7.63. The van der Waals surface area contributed by atoms with Crippen molar-refractivity contribution in [1.82, 2.24) is 0 Å². The molecule has 0 aliphatic carbocycles. The first-order valence-electron chi connectivity index (χ1n) is 3.72. The van der Waals surface area contributed by atoms with E-state index in [1.165, 1.54) is 0 Å². The molecule has 2 nitrogen and oxygen atoms in total. The van der Waals surface area contributed by atoms with E-state index in [0.717, 1.165) is 30.3 Å². The van der Waals surface area contributed by atoms with Gasteiger partial charge in [-0.15, -0.1) is 0 Å². The van der Waals surface area contributed by atoms with Crippen molar-refractivity contribution in [2.24, 2.45) is 0 Å². The summed E-state index contributed by atoms with van der Waals surface area (Å²) < 4.78 is 5.47. The molecule has 2 unspecified atom stereocenters. The van der Waals surface area contributed by atoms with Crippen molar-refractivity contribution in [3.63, 3.8) is 0 Å². The summed E-state index contributed by atoms with van der Waals surface area (Å²) in [4.78, 5) is 10.7. The third kappa shape index (κ3) is 0.627. The van der Waals surface area contributed by atoms with Gasteiger partial charge in [0.15, 0.2) is 6.29 Å². The Kier molecular flexibility index (Phi) is 1.13. The first-order valence-corrected chi connectivity index (χ1v) is 3.72. The Bertz CT molecular complexity index is 254. The maximum Gasteiger partial charge on any atom is 0.156 e. The molecule has 2 bridgehead atoms. The van der Waals surface area contributed by atoms with Gasteiger partial charge in [-0.25, -0.2) is 0 Å². The van der Waals surface area contributed by atoms with Crippen molar-refractivity contribution in [3.8, 4) is 0 Å². The monoisotopic (exact) mass is 150 g/mol. The van der Waals surface area contributed by atoms with Gasteiger partial charge in [0, 0.05) is 0 Å². The zero-order valence-corrected chi connectivity index (χ0v) is 6.30. The van der Waals surface area contributed by atoms with Crippen LogP contribution in [0.15, 0.2) is 24.3 Å². The quantitative estimate of drug-likeness (QED) is 0.525. The highest BCUT2D eigenvalue weighted by molar-refractivity contribution is 5.74. The Morgan fingerprint density at radius 2 is 2.36 bits per heavy atom. The van der Waals surface area contributed by atoms with Crippen LogP contribution in [0, 0.1) is 0 Å². The number of hydrogen-bond acceptors (Lipinski definition) is 2. The lowest BCUT2D eigenvalue weighted by atomic mass is 9.83. The number of rotatable bonds is 1. The summed E-state index contributed by atoms with van der Waals surface area (Å²) in [5.41, 5.74) is 0.994. The van der Waals surface area contributed by atoms with E-state index >= 15 is 0 Å². The van der Waals surface area contributed by atoms with Crippen molar-refractivity contribution in [2.75, 3.05) is 0 Å². The minimum Gasteiger partial charge on any atom is -0.355 e. The highest BCUT2D eigenvalue weighted by Crippen LogP contribution is 2.47. The molecule has 2 saturated heterocycles. The summed E-state index contributed by atoms with van der Waals surface area (Å²) in [5.74, 6) is 0. The molecule has 0 spiro atoms. The van der Waals surface area contributed by atoms with Gasteiger partial charge >= 0.3 is 0 Å². The standard InChI is InChI=1S/C9H10O2/c1-6-7(2)9(5-10)4-3-8(6)11-9/h5,8H,1-4H2. The number of aldehydes is 1. The van der Waals surface area contributed by atoms with Gasteiger partial charge in [-0.2, -0.15) is 0 Å². The second kappa shape index (κ2) is 1.83. The van der Waals surface area contributed by atoms with E-state index in [4.69, 9.17) is 4.74 Å². The van der Waals surface area contributed by atoms with Gasteiger partial charge in [0.2, 0.25) is 0 Å². The third-order valence-corrected chi connectivity index (χ3v) is 2.61. The zero-order valence-electron chi connectivity index (χ0n) is 6.30. The van der Waals surface area contributed by atoms with Crippen LogP contribution in [0.3, 0.4) is 0 Å². The van der Waals surface area contributed by atoms with Crippen LogP contribution in [0.4, 0.5) is 0 Å².